The van der Waals surface area contributed by atoms with Gasteiger partial charge in [-0.2, -0.15) is 0 Å². The second kappa shape index (κ2) is 7.96. The van der Waals surface area contributed by atoms with Crippen LogP contribution in [0.25, 0.3) is 10.8 Å². The highest BCUT2D eigenvalue weighted by Gasteiger charge is 2.31. The summed E-state index contributed by atoms with van der Waals surface area (Å²) in [6.07, 6.45) is 4.16. The lowest BCUT2D eigenvalue weighted by molar-refractivity contribution is 0.0992. The lowest BCUT2D eigenvalue weighted by Crippen LogP contribution is -2.31. The van der Waals surface area contributed by atoms with E-state index in [1.807, 2.05) is 23.1 Å². The van der Waals surface area contributed by atoms with Gasteiger partial charge in [0, 0.05) is 61.3 Å². The molecule has 0 aromatic heterocycles. The molecule has 2 aromatic rings. The van der Waals surface area contributed by atoms with Crippen molar-refractivity contribution in [3.05, 3.63) is 48.6 Å². The lowest BCUT2D eigenvalue weighted by atomic mass is 10.0. The first kappa shape index (κ1) is 19.0. The van der Waals surface area contributed by atoms with E-state index in [9.17, 15) is 4.79 Å². The number of nitrogens with zero attached hydrogens (tertiary/aromatic N) is 3. The number of rotatable bonds is 6. The number of carbonyl (C=O) groups is 1. The summed E-state index contributed by atoms with van der Waals surface area (Å²) in [5.74, 6) is 0.744. The van der Waals surface area contributed by atoms with Crippen molar-refractivity contribution in [3.63, 3.8) is 0 Å². The lowest BCUT2D eigenvalue weighted by Gasteiger charge is -2.26. The minimum Gasteiger partial charge on any atom is -0.370 e. The van der Waals surface area contributed by atoms with E-state index in [4.69, 9.17) is 0 Å². The molecule has 0 bridgehead atoms. The number of carbonyl (C=O) groups excluding carboxylic acids is 1. The third kappa shape index (κ3) is 3.42. The minimum atomic E-state index is 0.159. The molecule has 148 valence electrons. The van der Waals surface area contributed by atoms with Crippen LogP contribution in [0.15, 0.2) is 43.0 Å². The molecule has 4 nitrogen and oxygen atoms in total. The van der Waals surface area contributed by atoms with E-state index >= 15 is 0 Å². The molecule has 0 atom stereocenters. The predicted octanol–water partition coefficient (Wildman–Crippen LogP) is 4.54. The minimum absolute atomic E-state index is 0.159. The molecular weight excluding hydrogens is 346 g/mol. The molecule has 0 spiro atoms. The Hall–Kier alpha value is -2.33. The Morgan fingerprint density at radius 3 is 2.68 bits per heavy atom. The fourth-order valence-electron chi connectivity index (χ4n) is 4.49. The van der Waals surface area contributed by atoms with Crippen molar-refractivity contribution in [2.75, 3.05) is 49.1 Å². The van der Waals surface area contributed by atoms with E-state index in [0.29, 0.717) is 5.92 Å². The predicted molar refractivity (Wildman–Crippen MR) is 119 cm³/mol. The quantitative estimate of drug-likeness (QED) is 0.691. The molecule has 4 heteroatoms. The van der Waals surface area contributed by atoms with Crippen molar-refractivity contribution in [2.24, 2.45) is 5.92 Å². The molecule has 0 N–H and O–H groups in total. The van der Waals surface area contributed by atoms with Crippen molar-refractivity contribution in [2.45, 2.75) is 26.7 Å². The number of benzene rings is 2. The van der Waals surface area contributed by atoms with Crippen molar-refractivity contribution in [1.82, 2.24) is 4.90 Å². The highest BCUT2D eigenvalue weighted by Crippen LogP contribution is 2.42. The largest absolute Gasteiger partial charge is 0.370 e. The summed E-state index contributed by atoms with van der Waals surface area (Å²) in [6.45, 7) is 14.3. The Morgan fingerprint density at radius 1 is 1.07 bits per heavy atom. The molecule has 0 saturated carbocycles. The SMILES string of the molecule is C=CCN1CCCN(c2ccc3c4c(cccc24)C(=O)N3CCC(C)C)CC1. The van der Waals surface area contributed by atoms with Crippen LogP contribution < -0.4 is 9.80 Å². The second-order valence-electron chi connectivity index (χ2n) is 8.40. The monoisotopic (exact) mass is 377 g/mol. The number of hydrogen-bond acceptors (Lipinski definition) is 3. The van der Waals surface area contributed by atoms with Gasteiger partial charge in [0.2, 0.25) is 0 Å². The Kier molecular flexibility index (Phi) is 5.40. The van der Waals surface area contributed by atoms with Gasteiger partial charge in [-0.25, -0.2) is 0 Å². The van der Waals surface area contributed by atoms with Crippen LogP contribution in [0.2, 0.25) is 0 Å². The van der Waals surface area contributed by atoms with Crippen LogP contribution in [-0.4, -0.2) is 50.1 Å². The Bertz CT molecular complexity index is 889. The zero-order valence-corrected chi connectivity index (χ0v) is 17.2. The van der Waals surface area contributed by atoms with E-state index in [-0.39, 0.29) is 5.91 Å². The normalized spacial score (nSPS) is 17.6. The van der Waals surface area contributed by atoms with Gasteiger partial charge in [-0.1, -0.05) is 32.1 Å². The van der Waals surface area contributed by atoms with Gasteiger partial charge in [0.1, 0.15) is 0 Å². The zero-order chi connectivity index (χ0) is 19.7. The molecule has 4 rings (SSSR count). The highest BCUT2D eigenvalue weighted by atomic mass is 16.2. The fraction of sp³-hybridized carbons (Fsp3) is 0.458. The summed E-state index contributed by atoms with van der Waals surface area (Å²) in [5.41, 5.74) is 3.21. The molecule has 2 aliphatic rings. The van der Waals surface area contributed by atoms with Gasteiger partial charge in [-0.3, -0.25) is 9.69 Å². The zero-order valence-electron chi connectivity index (χ0n) is 17.2. The van der Waals surface area contributed by atoms with Crippen LogP contribution in [0.5, 0.6) is 0 Å². The average Bonchev–Trinajstić information content (AvgIpc) is 2.83. The molecule has 0 radical (unpaired) electrons. The van der Waals surface area contributed by atoms with Gasteiger partial charge in [0.25, 0.3) is 5.91 Å². The topological polar surface area (TPSA) is 26.8 Å². The summed E-state index contributed by atoms with van der Waals surface area (Å²) < 4.78 is 0. The third-order valence-corrected chi connectivity index (χ3v) is 6.01. The first-order chi connectivity index (χ1) is 13.6. The molecule has 1 saturated heterocycles. The van der Waals surface area contributed by atoms with Gasteiger partial charge >= 0.3 is 0 Å². The molecular formula is C24H31N3O. The van der Waals surface area contributed by atoms with E-state index in [1.165, 1.54) is 11.1 Å². The van der Waals surface area contributed by atoms with E-state index in [1.54, 1.807) is 0 Å². The van der Waals surface area contributed by atoms with Crippen LogP contribution in [-0.2, 0) is 0 Å². The summed E-state index contributed by atoms with van der Waals surface area (Å²) >= 11 is 0. The van der Waals surface area contributed by atoms with Crippen LogP contribution in [0, 0.1) is 5.92 Å². The first-order valence-corrected chi connectivity index (χ1v) is 10.6. The smallest absolute Gasteiger partial charge is 0.258 e. The highest BCUT2D eigenvalue weighted by molar-refractivity contribution is 6.26. The first-order valence-electron chi connectivity index (χ1n) is 10.6. The Labute approximate surface area is 168 Å². The van der Waals surface area contributed by atoms with Crippen molar-refractivity contribution < 1.29 is 4.79 Å². The number of anilines is 2. The molecule has 2 aliphatic heterocycles. The molecule has 2 aromatic carbocycles. The van der Waals surface area contributed by atoms with E-state index in [2.05, 4.69) is 48.4 Å². The van der Waals surface area contributed by atoms with Crippen LogP contribution in [0.3, 0.4) is 0 Å². The molecule has 0 unspecified atom stereocenters. The van der Waals surface area contributed by atoms with Crippen LogP contribution >= 0.6 is 0 Å². The standard InChI is InChI=1S/C24H31N3O/c1-4-12-25-13-6-14-26(17-16-25)21-9-10-22-23-19(21)7-5-8-20(23)24(28)27(22)15-11-18(2)3/h4-5,7-10,18H,1,6,11-17H2,2-3H3. The van der Waals surface area contributed by atoms with Crippen LogP contribution in [0.1, 0.15) is 37.0 Å². The molecule has 28 heavy (non-hydrogen) atoms. The van der Waals surface area contributed by atoms with Crippen LogP contribution in [0.4, 0.5) is 11.4 Å². The van der Waals surface area contributed by atoms with Gasteiger partial charge in [-0.15, -0.1) is 6.58 Å². The van der Waals surface area contributed by atoms with E-state index < -0.39 is 0 Å². The maximum Gasteiger partial charge on any atom is 0.258 e. The summed E-state index contributed by atoms with van der Waals surface area (Å²) in [6, 6.07) is 10.6. The Morgan fingerprint density at radius 2 is 1.89 bits per heavy atom. The average molecular weight is 378 g/mol. The molecule has 0 aliphatic carbocycles. The number of amides is 1. The maximum atomic E-state index is 13.0. The third-order valence-electron chi connectivity index (χ3n) is 6.01. The molecule has 1 fully saturated rings. The number of hydrogen-bond donors (Lipinski definition) is 0. The maximum absolute atomic E-state index is 13.0. The fourth-order valence-corrected chi connectivity index (χ4v) is 4.49. The molecule has 1 amide bonds. The van der Waals surface area contributed by atoms with Gasteiger partial charge in [0.05, 0.1) is 5.69 Å². The van der Waals surface area contributed by atoms with Gasteiger partial charge in [0.15, 0.2) is 0 Å². The van der Waals surface area contributed by atoms with Gasteiger partial charge in [-0.05, 0) is 37.0 Å². The summed E-state index contributed by atoms with van der Waals surface area (Å²) in [7, 11) is 0. The van der Waals surface area contributed by atoms with Crippen molar-refractivity contribution >= 4 is 28.1 Å². The van der Waals surface area contributed by atoms with Gasteiger partial charge < -0.3 is 9.80 Å². The molecule has 2 heterocycles. The second-order valence-corrected chi connectivity index (χ2v) is 8.40. The van der Waals surface area contributed by atoms with Crippen molar-refractivity contribution in [3.8, 4) is 0 Å². The van der Waals surface area contributed by atoms with Crippen molar-refractivity contribution in [1.29, 1.82) is 0 Å². The summed E-state index contributed by atoms with van der Waals surface area (Å²) in [5, 5.41) is 2.36. The van der Waals surface area contributed by atoms with E-state index in [0.717, 1.165) is 68.7 Å². The Balaban J connectivity index is 1.68. The summed E-state index contributed by atoms with van der Waals surface area (Å²) in [4.78, 5) is 20.0.